The summed E-state index contributed by atoms with van der Waals surface area (Å²) in [5.41, 5.74) is 1.73. The monoisotopic (exact) mass is 181 g/mol. The third-order valence-corrected chi connectivity index (χ3v) is 1.73. The van der Waals surface area contributed by atoms with Crippen LogP contribution in [0, 0.1) is 0 Å². The Kier molecular flexibility index (Phi) is 2.61. The lowest BCUT2D eigenvalue weighted by Gasteiger charge is -2.06. The molecule has 1 aromatic rings. The minimum atomic E-state index is 0. The van der Waals surface area contributed by atoms with E-state index >= 15 is 0 Å². The third-order valence-electron chi connectivity index (χ3n) is 1.73. The number of carbonyl (C=O) groups is 1. The van der Waals surface area contributed by atoms with Crippen molar-refractivity contribution in [2.45, 2.75) is 0 Å². The second-order valence-electron chi connectivity index (χ2n) is 2.48. The fourth-order valence-corrected chi connectivity index (χ4v) is 1.18. The summed E-state index contributed by atoms with van der Waals surface area (Å²) >= 11 is 0. The molecule has 0 fully saturated rings. The van der Waals surface area contributed by atoms with Gasteiger partial charge in [0.05, 0.1) is 0 Å². The van der Waals surface area contributed by atoms with Gasteiger partial charge < -0.3 is 0 Å². The molecule has 0 bridgehead atoms. The normalized spacial score (nSPS) is 13.5. The Morgan fingerprint density at radius 2 is 2.00 bits per heavy atom. The van der Waals surface area contributed by atoms with Crippen LogP contribution >= 0.6 is 12.4 Å². The number of ketones is 1. The average molecular weight is 182 g/mol. The van der Waals surface area contributed by atoms with Crippen molar-refractivity contribution in [3.05, 3.63) is 35.4 Å². The van der Waals surface area contributed by atoms with Crippen molar-refractivity contribution in [1.29, 1.82) is 0 Å². The molecule has 0 unspecified atom stereocenters. The Morgan fingerprint density at radius 1 is 1.25 bits per heavy atom. The summed E-state index contributed by atoms with van der Waals surface area (Å²) in [5, 5.41) is 0. The highest BCUT2D eigenvalue weighted by Crippen LogP contribution is 2.10. The first kappa shape index (κ1) is 8.94. The van der Waals surface area contributed by atoms with Gasteiger partial charge in [-0.1, -0.05) is 24.3 Å². The summed E-state index contributed by atoms with van der Waals surface area (Å²) in [6.45, 7) is 0.303. The standard InChI is InChI=1S/C9H7NO.ClH/c11-9-6-10-5-7-3-1-2-4-8(7)9;/h1-5H,6H2;1H. The van der Waals surface area contributed by atoms with E-state index in [2.05, 4.69) is 4.99 Å². The van der Waals surface area contributed by atoms with Crippen LogP contribution < -0.4 is 0 Å². The van der Waals surface area contributed by atoms with Gasteiger partial charge in [-0.05, 0) is 0 Å². The molecule has 1 aliphatic rings. The lowest BCUT2D eigenvalue weighted by molar-refractivity contribution is 0.100. The Morgan fingerprint density at radius 3 is 2.75 bits per heavy atom. The molecule has 0 aromatic heterocycles. The zero-order valence-electron chi connectivity index (χ0n) is 6.36. The zero-order chi connectivity index (χ0) is 7.68. The molecule has 0 N–H and O–H groups in total. The molecule has 3 heteroatoms. The van der Waals surface area contributed by atoms with Gasteiger partial charge in [-0.2, -0.15) is 0 Å². The van der Waals surface area contributed by atoms with Crippen LogP contribution in [0.25, 0.3) is 0 Å². The van der Waals surface area contributed by atoms with Gasteiger partial charge in [-0.3, -0.25) is 9.79 Å². The summed E-state index contributed by atoms with van der Waals surface area (Å²) in [6.07, 6.45) is 1.75. The zero-order valence-corrected chi connectivity index (χ0v) is 7.17. The van der Waals surface area contributed by atoms with E-state index in [0.29, 0.717) is 6.54 Å². The van der Waals surface area contributed by atoms with E-state index in [4.69, 9.17) is 0 Å². The number of carbonyl (C=O) groups excluding carboxylic acids is 1. The second kappa shape index (κ2) is 3.50. The van der Waals surface area contributed by atoms with Gasteiger partial charge in [0.2, 0.25) is 0 Å². The van der Waals surface area contributed by atoms with E-state index in [9.17, 15) is 4.79 Å². The van der Waals surface area contributed by atoms with Gasteiger partial charge in [-0.15, -0.1) is 12.4 Å². The summed E-state index contributed by atoms with van der Waals surface area (Å²) in [5.74, 6) is 0.114. The third kappa shape index (κ3) is 1.38. The molecule has 0 saturated carbocycles. The summed E-state index contributed by atoms with van der Waals surface area (Å²) in [6, 6.07) is 7.51. The smallest absolute Gasteiger partial charge is 0.184 e. The number of aliphatic imine (C=N–C) groups is 1. The fraction of sp³-hybridized carbons (Fsp3) is 0.111. The van der Waals surface area contributed by atoms with Crippen LogP contribution in [0.2, 0.25) is 0 Å². The maximum atomic E-state index is 11.2. The minimum Gasteiger partial charge on any atom is -0.292 e. The van der Waals surface area contributed by atoms with Crippen molar-refractivity contribution < 1.29 is 4.79 Å². The number of nitrogens with zero attached hydrogens (tertiary/aromatic N) is 1. The van der Waals surface area contributed by atoms with Gasteiger partial charge in [-0.25, -0.2) is 0 Å². The first-order valence-corrected chi connectivity index (χ1v) is 3.50. The maximum Gasteiger partial charge on any atom is 0.184 e. The predicted molar refractivity (Wildman–Crippen MR) is 50.5 cm³/mol. The molecule has 1 aromatic carbocycles. The molecule has 0 atom stereocenters. The number of hydrogen-bond donors (Lipinski definition) is 0. The number of Topliss-reactive ketones (excluding diaryl/α,β-unsaturated/α-hetero) is 1. The van der Waals surface area contributed by atoms with Crippen molar-refractivity contribution in [3.8, 4) is 0 Å². The number of fused-ring (bicyclic) bond motifs is 1. The number of benzene rings is 1. The molecule has 1 aliphatic heterocycles. The highest BCUT2D eigenvalue weighted by atomic mass is 35.5. The van der Waals surface area contributed by atoms with Gasteiger partial charge in [0.25, 0.3) is 0 Å². The van der Waals surface area contributed by atoms with Gasteiger partial charge in [0.1, 0.15) is 6.54 Å². The fourth-order valence-electron chi connectivity index (χ4n) is 1.18. The van der Waals surface area contributed by atoms with E-state index in [0.717, 1.165) is 11.1 Å². The van der Waals surface area contributed by atoms with Crippen molar-refractivity contribution in [3.63, 3.8) is 0 Å². The first-order valence-electron chi connectivity index (χ1n) is 3.50. The van der Waals surface area contributed by atoms with E-state index in [1.165, 1.54) is 0 Å². The summed E-state index contributed by atoms with van der Waals surface area (Å²) in [7, 11) is 0. The summed E-state index contributed by atoms with van der Waals surface area (Å²) in [4.78, 5) is 15.1. The molecular formula is C9H8ClNO. The Hall–Kier alpha value is -1.15. The largest absolute Gasteiger partial charge is 0.292 e. The van der Waals surface area contributed by atoms with E-state index in [-0.39, 0.29) is 18.2 Å². The van der Waals surface area contributed by atoms with Crippen LogP contribution in [0.4, 0.5) is 0 Å². The van der Waals surface area contributed by atoms with Gasteiger partial charge in [0, 0.05) is 17.3 Å². The highest BCUT2D eigenvalue weighted by molar-refractivity contribution is 6.07. The summed E-state index contributed by atoms with van der Waals surface area (Å²) < 4.78 is 0. The van der Waals surface area contributed by atoms with Crippen molar-refractivity contribution in [1.82, 2.24) is 0 Å². The van der Waals surface area contributed by atoms with Crippen molar-refractivity contribution in [2.24, 2.45) is 4.99 Å². The molecule has 12 heavy (non-hydrogen) atoms. The van der Waals surface area contributed by atoms with Crippen LogP contribution in [0.3, 0.4) is 0 Å². The van der Waals surface area contributed by atoms with E-state index in [1.54, 1.807) is 6.21 Å². The molecule has 2 nitrogen and oxygen atoms in total. The predicted octanol–water partition coefficient (Wildman–Crippen LogP) is 1.72. The highest BCUT2D eigenvalue weighted by Gasteiger charge is 2.11. The van der Waals surface area contributed by atoms with E-state index < -0.39 is 0 Å². The van der Waals surface area contributed by atoms with Crippen LogP contribution in [0.1, 0.15) is 15.9 Å². The minimum absolute atomic E-state index is 0. The van der Waals surface area contributed by atoms with Gasteiger partial charge in [0.15, 0.2) is 5.78 Å². The quantitative estimate of drug-likeness (QED) is 0.599. The Bertz CT molecular complexity index is 333. The molecule has 2 rings (SSSR count). The van der Waals surface area contributed by atoms with Gasteiger partial charge >= 0.3 is 0 Å². The molecule has 1 heterocycles. The lowest BCUT2D eigenvalue weighted by Crippen LogP contribution is -2.11. The van der Waals surface area contributed by atoms with Crippen LogP contribution in [-0.4, -0.2) is 18.5 Å². The molecule has 0 saturated heterocycles. The van der Waals surface area contributed by atoms with Crippen LogP contribution in [0.5, 0.6) is 0 Å². The molecule has 0 spiro atoms. The topological polar surface area (TPSA) is 29.4 Å². The van der Waals surface area contributed by atoms with Crippen molar-refractivity contribution in [2.75, 3.05) is 6.54 Å². The maximum absolute atomic E-state index is 11.2. The van der Waals surface area contributed by atoms with Crippen molar-refractivity contribution >= 4 is 24.4 Å². The lowest BCUT2D eigenvalue weighted by atomic mass is 10.0. The number of hydrogen-bond acceptors (Lipinski definition) is 2. The van der Waals surface area contributed by atoms with Crippen LogP contribution in [0.15, 0.2) is 29.3 Å². The Balaban J connectivity index is 0.000000720. The molecular weight excluding hydrogens is 174 g/mol. The number of halogens is 1. The van der Waals surface area contributed by atoms with Crippen LogP contribution in [-0.2, 0) is 0 Å². The Labute approximate surface area is 76.7 Å². The first-order chi connectivity index (χ1) is 5.38. The molecule has 0 aliphatic carbocycles. The molecule has 0 amide bonds. The SMILES string of the molecule is Cl.O=C1CN=Cc2ccccc21. The second-order valence-corrected chi connectivity index (χ2v) is 2.48. The average Bonchev–Trinajstić information content (AvgIpc) is 2.06. The number of rotatable bonds is 0. The molecule has 0 radical (unpaired) electrons. The van der Waals surface area contributed by atoms with E-state index in [1.807, 2.05) is 24.3 Å². The molecule has 62 valence electrons.